The van der Waals surface area contributed by atoms with Crippen LogP contribution in [0.25, 0.3) is 0 Å². The first-order valence-corrected chi connectivity index (χ1v) is 7.33. The Morgan fingerprint density at radius 1 is 1.00 bits per heavy atom. The van der Waals surface area contributed by atoms with E-state index in [2.05, 4.69) is 20.7 Å². The van der Waals surface area contributed by atoms with Crippen LogP contribution in [0.3, 0.4) is 0 Å². The van der Waals surface area contributed by atoms with Crippen LogP contribution in [-0.2, 0) is 4.74 Å². The van der Waals surface area contributed by atoms with E-state index >= 15 is 0 Å². The Bertz CT molecular complexity index is 710. The second-order valence-electron chi connectivity index (χ2n) is 4.71. The maximum absolute atomic E-state index is 13.2. The molecule has 0 aromatic heterocycles. The monoisotopic (exact) mass is 386 g/mol. The van der Waals surface area contributed by atoms with Crippen LogP contribution in [-0.4, -0.2) is 13.1 Å². The van der Waals surface area contributed by atoms with Crippen molar-refractivity contribution < 1.29 is 18.3 Å². The molecule has 0 aliphatic carbocycles. The predicted molar refractivity (Wildman–Crippen MR) is 90.1 cm³/mol. The van der Waals surface area contributed by atoms with Gasteiger partial charge in [-0.25, -0.2) is 13.6 Å². The highest BCUT2D eigenvalue weighted by Gasteiger charge is 2.13. The Morgan fingerprint density at radius 3 is 1.96 bits per heavy atom. The van der Waals surface area contributed by atoms with E-state index in [-0.39, 0.29) is 28.3 Å². The van der Waals surface area contributed by atoms with Crippen LogP contribution in [0, 0.1) is 25.5 Å². The van der Waals surface area contributed by atoms with Crippen LogP contribution in [0.2, 0.25) is 0 Å². The highest BCUT2D eigenvalue weighted by molar-refractivity contribution is 9.10. The highest BCUT2D eigenvalue weighted by Crippen LogP contribution is 2.22. The Labute approximate surface area is 141 Å². The number of hydrogen-bond acceptors (Lipinski definition) is 4. The first-order valence-electron chi connectivity index (χ1n) is 6.53. The predicted octanol–water partition coefficient (Wildman–Crippen LogP) is 3.98. The molecular formula is C16H17BrF2N2O2. The minimum atomic E-state index is -0.567. The minimum Gasteiger partial charge on any atom is -0.465 e. The topological polar surface area (TPSA) is 78.3 Å². The van der Waals surface area contributed by atoms with Crippen molar-refractivity contribution in [2.24, 2.45) is 0 Å². The molecule has 4 nitrogen and oxygen atoms in total. The summed E-state index contributed by atoms with van der Waals surface area (Å²) in [4.78, 5) is 11.1. The summed E-state index contributed by atoms with van der Waals surface area (Å²) in [5, 5.41) is 0. The Balaban J connectivity index is 0.000000238. The van der Waals surface area contributed by atoms with E-state index in [9.17, 15) is 13.6 Å². The lowest BCUT2D eigenvalue weighted by molar-refractivity contribution is 0.0599. The van der Waals surface area contributed by atoms with Crippen LogP contribution in [0.5, 0.6) is 0 Å². The van der Waals surface area contributed by atoms with E-state index in [0.717, 1.165) is 4.47 Å². The number of rotatable bonds is 1. The highest BCUT2D eigenvalue weighted by atomic mass is 79.9. The number of carbonyl (C=O) groups excluding carboxylic acids is 1. The van der Waals surface area contributed by atoms with Gasteiger partial charge in [-0.2, -0.15) is 0 Å². The van der Waals surface area contributed by atoms with Gasteiger partial charge in [0.1, 0.15) is 11.6 Å². The van der Waals surface area contributed by atoms with Gasteiger partial charge in [-0.15, -0.1) is 0 Å². The molecule has 0 amide bonds. The van der Waals surface area contributed by atoms with Crippen LogP contribution in [0.4, 0.5) is 20.2 Å². The number of esters is 1. The molecule has 0 aliphatic heterocycles. The Hall–Kier alpha value is -2.15. The fourth-order valence-electron chi connectivity index (χ4n) is 1.72. The van der Waals surface area contributed by atoms with Crippen LogP contribution in [0.15, 0.2) is 28.7 Å². The van der Waals surface area contributed by atoms with Gasteiger partial charge in [-0.3, -0.25) is 0 Å². The molecule has 0 unspecified atom stereocenters. The summed E-state index contributed by atoms with van der Waals surface area (Å²) >= 11 is 3.18. The molecule has 0 saturated heterocycles. The normalized spacial score (nSPS) is 9.83. The largest absolute Gasteiger partial charge is 0.465 e. The summed E-state index contributed by atoms with van der Waals surface area (Å²) in [6, 6.07) is 6.05. The molecule has 2 aromatic rings. The molecule has 0 bridgehead atoms. The summed E-state index contributed by atoms with van der Waals surface area (Å²) < 4.78 is 31.2. The van der Waals surface area contributed by atoms with Crippen molar-refractivity contribution in [1.29, 1.82) is 0 Å². The second kappa shape index (κ2) is 7.92. The van der Waals surface area contributed by atoms with Crippen molar-refractivity contribution in [3.8, 4) is 0 Å². The maximum Gasteiger partial charge on any atom is 0.338 e. The van der Waals surface area contributed by atoms with Crippen molar-refractivity contribution in [3.63, 3.8) is 0 Å². The van der Waals surface area contributed by atoms with E-state index < -0.39 is 11.8 Å². The van der Waals surface area contributed by atoms with Gasteiger partial charge in [0.05, 0.1) is 24.0 Å². The van der Waals surface area contributed by atoms with Crippen LogP contribution in [0.1, 0.15) is 21.5 Å². The summed E-state index contributed by atoms with van der Waals surface area (Å²) in [6.45, 7) is 3.16. The molecule has 0 aliphatic rings. The van der Waals surface area contributed by atoms with Gasteiger partial charge < -0.3 is 16.2 Å². The maximum atomic E-state index is 13.2. The molecule has 0 fully saturated rings. The quantitative estimate of drug-likeness (QED) is 0.573. The summed E-state index contributed by atoms with van der Waals surface area (Å²) in [5.41, 5.74) is 11.8. The SMILES string of the molecule is COC(=O)c1ccc(N)c(F)c1C.Cc1c(Br)ccc(N)c1F. The van der Waals surface area contributed by atoms with E-state index in [1.807, 2.05) is 0 Å². The molecular weight excluding hydrogens is 370 g/mol. The molecule has 0 saturated carbocycles. The zero-order chi connectivity index (χ0) is 17.7. The number of hydrogen-bond donors (Lipinski definition) is 2. The number of methoxy groups -OCH3 is 1. The van der Waals surface area contributed by atoms with Gasteiger partial charge in [0.15, 0.2) is 0 Å². The van der Waals surface area contributed by atoms with Gasteiger partial charge in [0, 0.05) is 15.6 Å². The Morgan fingerprint density at radius 2 is 1.48 bits per heavy atom. The molecule has 7 heteroatoms. The first-order chi connectivity index (χ1) is 10.7. The average molecular weight is 387 g/mol. The van der Waals surface area contributed by atoms with E-state index in [0.29, 0.717) is 5.56 Å². The summed E-state index contributed by atoms with van der Waals surface area (Å²) in [5.74, 6) is -1.46. The number of nitrogen functional groups attached to an aromatic ring is 2. The van der Waals surface area contributed by atoms with Gasteiger partial charge in [-0.05, 0) is 38.1 Å². The van der Waals surface area contributed by atoms with E-state index in [4.69, 9.17) is 11.5 Å². The van der Waals surface area contributed by atoms with Gasteiger partial charge >= 0.3 is 5.97 Å². The van der Waals surface area contributed by atoms with E-state index in [1.54, 1.807) is 13.0 Å². The molecule has 23 heavy (non-hydrogen) atoms. The molecule has 2 rings (SSSR count). The molecule has 4 N–H and O–H groups in total. The number of ether oxygens (including phenoxy) is 1. The third-order valence-electron chi connectivity index (χ3n) is 3.17. The van der Waals surface area contributed by atoms with Crippen molar-refractivity contribution in [3.05, 3.63) is 57.1 Å². The molecule has 0 radical (unpaired) electrons. The third kappa shape index (κ3) is 4.41. The standard InChI is InChI=1S/C9H10FNO2.C7H7BrFN/c1-5-6(9(12)13-2)3-4-7(11)8(5)10;1-4-5(8)2-3-6(10)7(4)9/h3-4H,11H2,1-2H3;2-3H,10H2,1H3. The van der Waals surface area contributed by atoms with Crippen LogP contribution >= 0.6 is 15.9 Å². The van der Waals surface area contributed by atoms with Gasteiger partial charge in [0.2, 0.25) is 0 Å². The van der Waals surface area contributed by atoms with Gasteiger partial charge in [0.25, 0.3) is 0 Å². The first kappa shape index (κ1) is 18.9. The molecule has 2 aromatic carbocycles. The molecule has 0 atom stereocenters. The van der Waals surface area contributed by atoms with Crippen molar-refractivity contribution in [2.75, 3.05) is 18.6 Å². The number of benzene rings is 2. The number of halogens is 3. The number of anilines is 2. The number of nitrogens with two attached hydrogens (primary N) is 2. The lowest BCUT2D eigenvalue weighted by Crippen LogP contribution is -2.06. The van der Waals surface area contributed by atoms with Gasteiger partial charge in [-0.1, -0.05) is 15.9 Å². The Kier molecular flexibility index (Phi) is 6.50. The molecule has 0 spiro atoms. The van der Waals surface area contributed by atoms with Crippen molar-refractivity contribution in [2.45, 2.75) is 13.8 Å². The van der Waals surface area contributed by atoms with Crippen LogP contribution < -0.4 is 11.5 Å². The van der Waals surface area contributed by atoms with Crippen molar-refractivity contribution >= 4 is 33.3 Å². The van der Waals surface area contributed by atoms with Crippen molar-refractivity contribution in [1.82, 2.24) is 0 Å². The lowest BCUT2D eigenvalue weighted by Gasteiger charge is -2.05. The second-order valence-corrected chi connectivity index (χ2v) is 5.56. The lowest BCUT2D eigenvalue weighted by atomic mass is 10.1. The zero-order valence-corrected chi connectivity index (χ0v) is 14.5. The third-order valence-corrected chi connectivity index (χ3v) is 4.03. The number of carbonyl (C=O) groups is 1. The molecule has 0 heterocycles. The average Bonchev–Trinajstić information content (AvgIpc) is 2.54. The fraction of sp³-hybridized carbons (Fsp3) is 0.188. The summed E-state index contributed by atoms with van der Waals surface area (Å²) in [6.07, 6.45) is 0. The summed E-state index contributed by atoms with van der Waals surface area (Å²) in [7, 11) is 1.25. The zero-order valence-electron chi connectivity index (χ0n) is 12.9. The minimum absolute atomic E-state index is 0.0325. The smallest absolute Gasteiger partial charge is 0.338 e. The van der Waals surface area contributed by atoms with E-state index in [1.165, 1.54) is 32.2 Å². The molecule has 124 valence electrons. The fourth-order valence-corrected chi connectivity index (χ4v) is 2.03.